The molecule has 2 rings (SSSR count). The molecule has 3 nitrogen and oxygen atoms in total. The lowest BCUT2D eigenvalue weighted by molar-refractivity contribution is 0.0433. The van der Waals surface area contributed by atoms with E-state index in [4.69, 9.17) is 16.3 Å². The van der Waals surface area contributed by atoms with Crippen molar-refractivity contribution in [2.45, 2.75) is 18.4 Å². The highest BCUT2D eigenvalue weighted by Gasteiger charge is 2.33. The second-order valence-electron chi connectivity index (χ2n) is 4.60. The molecule has 19 heavy (non-hydrogen) atoms. The van der Waals surface area contributed by atoms with Crippen molar-refractivity contribution in [2.75, 3.05) is 19.1 Å². The van der Waals surface area contributed by atoms with Gasteiger partial charge < -0.3 is 10.1 Å². The molecule has 0 atom stereocenters. The third-order valence-electron chi connectivity index (χ3n) is 3.26. The van der Waals surface area contributed by atoms with E-state index in [1.165, 1.54) is 0 Å². The van der Waals surface area contributed by atoms with Gasteiger partial charge >= 0.3 is 0 Å². The Morgan fingerprint density at radius 1 is 1.37 bits per heavy atom. The number of amides is 1. The Kier molecular flexibility index (Phi) is 5.29. The lowest BCUT2D eigenvalue weighted by atomic mass is 9.92. The predicted octanol–water partition coefficient (Wildman–Crippen LogP) is 3.73. The minimum atomic E-state index is -0.362. The normalized spacial score (nSPS) is 18.1. The van der Waals surface area contributed by atoms with E-state index in [2.05, 4.69) is 37.2 Å². The SMILES string of the molecule is O=C(NC1(CCl)CCOCC1)c1cc(Br)ccc1Br. The molecule has 1 amide bonds. The second-order valence-corrected chi connectivity index (χ2v) is 6.64. The van der Waals surface area contributed by atoms with Gasteiger partial charge in [-0.15, -0.1) is 11.6 Å². The van der Waals surface area contributed by atoms with Gasteiger partial charge in [-0.1, -0.05) is 15.9 Å². The maximum absolute atomic E-state index is 12.4. The average Bonchev–Trinajstić information content (AvgIpc) is 2.42. The molecule has 0 spiro atoms. The molecule has 1 aromatic carbocycles. The Bertz CT molecular complexity index is 476. The van der Waals surface area contributed by atoms with Gasteiger partial charge in [0.2, 0.25) is 0 Å². The van der Waals surface area contributed by atoms with E-state index in [9.17, 15) is 4.79 Å². The van der Waals surface area contributed by atoms with Crippen molar-refractivity contribution in [2.24, 2.45) is 0 Å². The van der Waals surface area contributed by atoms with E-state index < -0.39 is 0 Å². The number of hydrogen-bond donors (Lipinski definition) is 1. The molecular weight excluding hydrogens is 397 g/mol. The van der Waals surface area contributed by atoms with Gasteiger partial charge in [0.1, 0.15) is 0 Å². The number of ether oxygens (including phenoxy) is 1. The molecule has 104 valence electrons. The van der Waals surface area contributed by atoms with Gasteiger partial charge in [0.25, 0.3) is 5.91 Å². The van der Waals surface area contributed by atoms with Gasteiger partial charge in [-0.05, 0) is 47.0 Å². The molecule has 0 radical (unpaired) electrons. The monoisotopic (exact) mass is 409 g/mol. The van der Waals surface area contributed by atoms with Crippen LogP contribution in [0.25, 0.3) is 0 Å². The van der Waals surface area contributed by atoms with Crippen LogP contribution in [-0.4, -0.2) is 30.5 Å². The van der Waals surface area contributed by atoms with Crippen molar-refractivity contribution in [3.63, 3.8) is 0 Å². The number of rotatable bonds is 3. The fraction of sp³-hybridized carbons (Fsp3) is 0.462. The predicted molar refractivity (Wildman–Crippen MR) is 82.8 cm³/mol. The largest absolute Gasteiger partial charge is 0.381 e. The zero-order chi connectivity index (χ0) is 13.9. The van der Waals surface area contributed by atoms with Gasteiger partial charge in [-0.25, -0.2) is 0 Å². The van der Waals surface area contributed by atoms with Crippen LogP contribution < -0.4 is 5.32 Å². The highest BCUT2D eigenvalue weighted by atomic mass is 79.9. The van der Waals surface area contributed by atoms with E-state index in [1.54, 1.807) is 6.07 Å². The topological polar surface area (TPSA) is 38.3 Å². The molecule has 0 unspecified atom stereocenters. The Labute approximate surface area is 134 Å². The summed E-state index contributed by atoms with van der Waals surface area (Å²) < 4.78 is 6.97. The van der Waals surface area contributed by atoms with Gasteiger partial charge in [0.15, 0.2) is 0 Å². The van der Waals surface area contributed by atoms with Crippen molar-refractivity contribution < 1.29 is 9.53 Å². The van der Waals surface area contributed by atoms with Crippen LogP contribution >= 0.6 is 43.5 Å². The first-order valence-electron chi connectivity index (χ1n) is 5.98. The first-order valence-corrected chi connectivity index (χ1v) is 8.10. The van der Waals surface area contributed by atoms with E-state index in [1.807, 2.05) is 12.1 Å². The fourth-order valence-electron chi connectivity index (χ4n) is 2.03. The molecule has 1 aliphatic rings. The maximum atomic E-state index is 12.4. The third kappa shape index (κ3) is 3.72. The molecule has 1 aliphatic heterocycles. The first kappa shape index (κ1) is 15.3. The molecule has 0 bridgehead atoms. The van der Waals surface area contributed by atoms with Crippen LogP contribution in [-0.2, 0) is 4.74 Å². The number of benzene rings is 1. The van der Waals surface area contributed by atoms with E-state index in [0.717, 1.165) is 21.8 Å². The van der Waals surface area contributed by atoms with Crippen molar-refractivity contribution in [3.05, 3.63) is 32.7 Å². The second kappa shape index (κ2) is 6.57. The molecule has 1 aromatic rings. The lowest BCUT2D eigenvalue weighted by Gasteiger charge is -2.36. The molecule has 1 fully saturated rings. The number of alkyl halides is 1. The van der Waals surface area contributed by atoms with Gasteiger partial charge in [-0.3, -0.25) is 4.79 Å². The van der Waals surface area contributed by atoms with Gasteiger partial charge in [0.05, 0.1) is 11.1 Å². The summed E-state index contributed by atoms with van der Waals surface area (Å²) in [6.07, 6.45) is 1.49. The minimum absolute atomic E-state index is 0.115. The molecule has 6 heteroatoms. The summed E-state index contributed by atoms with van der Waals surface area (Å²) in [5, 5.41) is 3.06. The van der Waals surface area contributed by atoms with Crippen molar-refractivity contribution >= 4 is 49.4 Å². The van der Waals surface area contributed by atoms with Crippen molar-refractivity contribution in [3.8, 4) is 0 Å². The number of carbonyl (C=O) groups excluding carboxylic acids is 1. The number of carbonyl (C=O) groups is 1. The number of nitrogens with one attached hydrogen (secondary N) is 1. The summed E-state index contributed by atoms with van der Waals surface area (Å²) in [7, 11) is 0. The molecule has 0 saturated carbocycles. The van der Waals surface area contributed by atoms with Crippen LogP contribution in [0.3, 0.4) is 0 Å². The molecule has 1 saturated heterocycles. The van der Waals surface area contributed by atoms with E-state index in [0.29, 0.717) is 24.7 Å². The Balaban J connectivity index is 2.17. The highest BCUT2D eigenvalue weighted by Crippen LogP contribution is 2.26. The summed E-state index contributed by atoms with van der Waals surface area (Å²) in [5.41, 5.74) is 0.240. The van der Waals surface area contributed by atoms with Crippen molar-refractivity contribution in [1.82, 2.24) is 5.32 Å². The van der Waals surface area contributed by atoms with Crippen LogP contribution in [0.2, 0.25) is 0 Å². The van der Waals surface area contributed by atoms with Crippen LogP contribution in [0.5, 0.6) is 0 Å². The summed E-state index contributed by atoms with van der Waals surface area (Å²) in [6.45, 7) is 1.26. The Morgan fingerprint density at radius 2 is 2.05 bits per heavy atom. The van der Waals surface area contributed by atoms with Crippen LogP contribution in [0.4, 0.5) is 0 Å². The smallest absolute Gasteiger partial charge is 0.252 e. The lowest BCUT2D eigenvalue weighted by Crippen LogP contribution is -2.53. The van der Waals surface area contributed by atoms with E-state index in [-0.39, 0.29) is 11.4 Å². The number of hydrogen-bond acceptors (Lipinski definition) is 2. The molecule has 1 heterocycles. The Morgan fingerprint density at radius 3 is 2.68 bits per heavy atom. The zero-order valence-corrected chi connectivity index (χ0v) is 14.1. The standard InChI is InChI=1S/C13H14Br2ClNO2/c14-9-1-2-11(15)10(7-9)12(18)17-13(8-16)3-5-19-6-4-13/h1-2,7H,3-6,8H2,(H,17,18). The first-order chi connectivity index (χ1) is 9.06. The zero-order valence-electron chi connectivity index (χ0n) is 10.2. The third-order valence-corrected chi connectivity index (χ3v) is 4.95. The molecule has 1 N–H and O–H groups in total. The highest BCUT2D eigenvalue weighted by molar-refractivity contribution is 9.11. The molecular formula is C13H14Br2ClNO2. The van der Waals surface area contributed by atoms with Gasteiger partial charge in [-0.2, -0.15) is 0 Å². The van der Waals surface area contributed by atoms with Crippen LogP contribution in [0, 0.1) is 0 Å². The van der Waals surface area contributed by atoms with Gasteiger partial charge in [0, 0.05) is 28.0 Å². The van der Waals surface area contributed by atoms with E-state index >= 15 is 0 Å². The maximum Gasteiger partial charge on any atom is 0.252 e. The minimum Gasteiger partial charge on any atom is -0.381 e. The average molecular weight is 412 g/mol. The Hall–Kier alpha value is -0.100. The summed E-state index contributed by atoms with van der Waals surface area (Å²) in [5.74, 6) is 0.281. The summed E-state index contributed by atoms with van der Waals surface area (Å²) >= 11 is 12.8. The summed E-state index contributed by atoms with van der Waals surface area (Å²) in [6, 6.07) is 5.52. The number of halogens is 3. The molecule has 0 aliphatic carbocycles. The fourth-order valence-corrected chi connectivity index (χ4v) is 3.16. The van der Waals surface area contributed by atoms with Crippen LogP contribution in [0.1, 0.15) is 23.2 Å². The summed E-state index contributed by atoms with van der Waals surface area (Å²) in [4.78, 5) is 12.4. The van der Waals surface area contributed by atoms with Crippen molar-refractivity contribution in [1.29, 1.82) is 0 Å². The van der Waals surface area contributed by atoms with Crippen LogP contribution in [0.15, 0.2) is 27.1 Å². The molecule has 0 aromatic heterocycles. The quantitative estimate of drug-likeness (QED) is 0.770.